The van der Waals surface area contributed by atoms with Gasteiger partial charge in [0.2, 0.25) is 0 Å². The van der Waals surface area contributed by atoms with Gasteiger partial charge in [-0.3, -0.25) is 9.78 Å². The van der Waals surface area contributed by atoms with Crippen molar-refractivity contribution in [2.45, 2.75) is 39.5 Å². The number of pyridine rings is 1. The third-order valence-corrected chi connectivity index (χ3v) is 5.17. The van der Waals surface area contributed by atoms with Gasteiger partial charge in [-0.25, -0.2) is 4.79 Å². The highest BCUT2D eigenvalue weighted by molar-refractivity contribution is 6.04. The maximum Gasteiger partial charge on any atom is 0.336 e. The van der Waals surface area contributed by atoms with Crippen molar-refractivity contribution in [2.75, 3.05) is 26.4 Å². The number of rotatable bonds is 7. The average Bonchev–Trinajstić information content (AvgIpc) is 2.67. The summed E-state index contributed by atoms with van der Waals surface area (Å²) < 4.78 is 11.1. The smallest absolute Gasteiger partial charge is 0.336 e. The van der Waals surface area contributed by atoms with Crippen LogP contribution in [0.15, 0.2) is 47.1 Å². The Bertz CT molecular complexity index is 843. The van der Waals surface area contributed by atoms with Gasteiger partial charge in [0, 0.05) is 36.0 Å². The third kappa shape index (κ3) is 4.57. The summed E-state index contributed by atoms with van der Waals surface area (Å²) in [5, 5.41) is 3.36. The molecule has 0 radical (unpaired) electrons. The number of hydrogen-bond acceptors (Lipinski definition) is 6. The Hall–Kier alpha value is -2.51. The Morgan fingerprint density at radius 1 is 1.38 bits per heavy atom. The van der Waals surface area contributed by atoms with Crippen molar-refractivity contribution >= 4 is 11.8 Å². The Kier molecular flexibility index (Phi) is 6.49. The van der Waals surface area contributed by atoms with Gasteiger partial charge in [0.1, 0.15) is 0 Å². The molecule has 156 valence electrons. The molecule has 0 amide bonds. The number of carbonyl (C=O) groups is 2. The van der Waals surface area contributed by atoms with Gasteiger partial charge in [0.15, 0.2) is 5.78 Å². The lowest BCUT2D eigenvalue weighted by molar-refractivity contribution is -0.373. The standard InChI is InChI=1S/C22H29N3O4/c1-4-29-21(27)20-16(13-28-9-7-23)25-15-10-22(2,3)11-17(26)19(15)18(20)14-6-5-8-24-12-14/h5-6,8,12,18,25H,4,7,9-11,13,23H2,1-3H3/p+1. The van der Waals surface area contributed by atoms with E-state index in [-0.39, 0.29) is 24.4 Å². The van der Waals surface area contributed by atoms with Crippen molar-refractivity contribution in [1.82, 2.24) is 10.3 Å². The van der Waals surface area contributed by atoms with Gasteiger partial charge in [-0.1, -0.05) is 19.9 Å². The summed E-state index contributed by atoms with van der Waals surface area (Å²) in [4.78, 5) is 30.4. The molecule has 0 saturated carbocycles. The number of nitrogens with one attached hydrogen (secondary N) is 1. The summed E-state index contributed by atoms with van der Waals surface area (Å²) in [5.41, 5.74) is 7.02. The van der Waals surface area contributed by atoms with Gasteiger partial charge in [-0.15, -0.1) is 0 Å². The number of nitrogens with zero attached hydrogens (tertiary/aromatic N) is 1. The van der Waals surface area contributed by atoms with E-state index in [1.807, 2.05) is 12.1 Å². The zero-order valence-corrected chi connectivity index (χ0v) is 17.4. The monoisotopic (exact) mass is 400 g/mol. The summed E-state index contributed by atoms with van der Waals surface area (Å²) in [6, 6.07) is 3.71. The second-order valence-corrected chi connectivity index (χ2v) is 8.20. The fourth-order valence-electron chi connectivity index (χ4n) is 4.07. The van der Waals surface area contributed by atoms with Crippen LogP contribution < -0.4 is 11.1 Å². The number of aromatic nitrogens is 1. The zero-order valence-electron chi connectivity index (χ0n) is 17.4. The van der Waals surface area contributed by atoms with Crippen LogP contribution in [0.25, 0.3) is 0 Å². The van der Waals surface area contributed by atoms with Crippen LogP contribution in [-0.4, -0.2) is 43.1 Å². The molecule has 7 heteroatoms. The molecule has 7 nitrogen and oxygen atoms in total. The van der Waals surface area contributed by atoms with E-state index < -0.39 is 11.9 Å². The highest BCUT2D eigenvalue weighted by Crippen LogP contribution is 2.46. The Balaban J connectivity index is 2.14. The van der Waals surface area contributed by atoms with Crippen molar-refractivity contribution in [3.63, 3.8) is 0 Å². The summed E-state index contributed by atoms with van der Waals surface area (Å²) in [6.45, 7) is 7.53. The Morgan fingerprint density at radius 2 is 2.17 bits per heavy atom. The molecule has 0 saturated heterocycles. The molecule has 1 aromatic heterocycles. The third-order valence-electron chi connectivity index (χ3n) is 5.17. The van der Waals surface area contributed by atoms with Gasteiger partial charge in [0.05, 0.1) is 37.6 Å². The van der Waals surface area contributed by atoms with E-state index in [9.17, 15) is 9.59 Å². The van der Waals surface area contributed by atoms with Gasteiger partial charge < -0.3 is 20.5 Å². The molecule has 1 aromatic rings. The molecular weight excluding hydrogens is 370 g/mol. The summed E-state index contributed by atoms with van der Waals surface area (Å²) in [7, 11) is 0. The lowest BCUT2D eigenvalue weighted by atomic mass is 9.69. The molecule has 2 aliphatic rings. The molecule has 1 aliphatic heterocycles. The van der Waals surface area contributed by atoms with E-state index in [2.05, 4.69) is 29.9 Å². The molecule has 2 heterocycles. The number of dihydropyridines is 1. The van der Waals surface area contributed by atoms with Gasteiger partial charge in [-0.05, 0) is 30.4 Å². The quantitative estimate of drug-likeness (QED) is 0.531. The van der Waals surface area contributed by atoms with Crippen LogP contribution in [0.1, 0.15) is 45.1 Å². The first-order chi connectivity index (χ1) is 13.9. The summed E-state index contributed by atoms with van der Waals surface area (Å²) >= 11 is 0. The first-order valence-electron chi connectivity index (χ1n) is 10.1. The minimum atomic E-state index is -0.513. The molecule has 1 atom stereocenters. The van der Waals surface area contributed by atoms with Crippen molar-refractivity contribution in [3.05, 3.63) is 52.6 Å². The number of ketones is 1. The maximum absolute atomic E-state index is 13.2. The molecule has 0 fully saturated rings. The van der Waals surface area contributed by atoms with Gasteiger partial charge in [0.25, 0.3) is 0 Å². The molecule has 0 aromatic carbocycles. The van der Waals surface area contributed by atoms with Crippen LogP contribution in [-0.2, 0) is 19.1 Å². The lowest BCUT2D eigenvalue weighted by Gasteiger charge is -2.39. The molecule has 1 unspecified atom stereocenters. The SMILES string of the molecule is CCOC(=O)C1=C(COCC[NH3+])NC2=C(C(=O)CC(C)(C)C2)C1c1cccnc1. The Morgan fingerprint density at radius 3 is 2.83 bits per heavy atom. The second-order valence-electron chi connectivity index (χ2n) is 8.20. The summed E-state index contributed by atoms with van der Waals surface area (Å²) in [5.74, 6) is -0.899. The van der Waals surface area contributed by atoms with Crippen molar-refractivity contribution in [3.8, 4) is 0 Å². The van der Waals surface area contributed by atoms with Gasteiger partial charge >= 0.3 is 5.97 Å². The molecule has 1 aliphatic carbocycles. The number of hydrogen-bond donors (Lipinski definition) is 2. The first-order valence-corrected chi connectivity index (χ1v) is 10.1. The van der Waals surface area contributed by atoms with E-state index in [4.69, 9.17) is 9.47 Å². The zero-order chi connectivity index (χ0) is 21.0. The average molecular weight is 400 g/mol. The van der Waals surface area contributed by atoms with Crippen LogP contribution in [0.3, 0.4) is 0 Å². The molecule has 4 N–H and O–H groups in total. The van der Waals surface area contributed by atoms with E-state index in [0.29, 0.717) is 36.4 Å². The van der Waals surface area contributed by atoms with Crippen LogP contribution in [0.5, 0.6) is 0 Å². The van der Waals surface area contributed by atoms with Crippen LogP contribution in [0.2, 0.25) is 0 Å². The predicted octanol–water partition coefficient (Wildman–Crippen LogP) is 1.49. The lowest BCUT2D eigenvalue weighted by Crippen LogP contribution is -2.52. The van der Waals surface area contributed by atoms with E-state index >= 15 is 0 Å². The highest BCUT2D eigenvalue weighted by Gasteiger charge is 2.43. The van der Waals surface area contributed by atoms with E-state index in [0.717, 1.165) is 17.7 Å². The minimum Gasteiger partial charge on any atom is -0.463 e. The normalized spacial score (nSPS) is 21.0. The minimum absolute atomic E-state index is 0.0529. The molecule has 29 heavy (non-hydrogen) atoms. The molecule has 0 bridgehead atoms. The first kappa shape index (κ1) is 21.2. The molecule has 3 rings (SSSR count). The van der Waals surface area contributed by atoms with Crippen LogP contribution in [0, 0.1) is 5.41 Å². The topological polar surface area (TPSA) is 105 Å². The van der Waals surface area contributed by atoms with Crippen molar-refractivity contribution in [2.24, 2.45) is 5.41 Å². The number of carbonyl (C=O) groups excluding carboxylic acids is 2. The summed E-state index contributed by atoms with van der Waals surface area (Å²) in [6.07, 6.45) is 4.55. The van der Waals surface area contributed by atoms with Crippen LogP contribution in [0.4, 0.5) is 0 Å². The number of quaternary nitrogens is 1. The molecular formula is C22H30N3O4+. The van der Waals surface area contributed by atoms with Crippen molar-refractivity contribution in [1.29, 1.82) is 0 Å². The van der Waals surface area contributed by atoms with Gasteiger partial charge in [-0.2, -0.15) is 0 Å². The number of allylic oxidation sites excluding steroid dienone is 2. The molecule has 0 spiro atoms. The maximum atomic E-state index is 13.2. The fourth-order valence-corrected chi connectivity index (χ4v) is 4.07. The van der Waals surface area contributed by atoms with E-state index in [1.54, 1.807) is 19.3 Å². The number of ether oxygens (including phenoxy) is 2. The second kappa shape index (κ2) is 8.88. The number of Topliss-reactive ketones (excluding diaryl/α,β-unsaturated/α-hetero) is 1. The fraction of sp³-hybridized carbons (Fsp3) is 0.500. The van der Waals surface area contributed by atoms with Crippen molar-refractivity contribution < 1.29 is 24.8 Å². The van der Waals surface area contributed by atoms with E-state index in [1.165, 1.54) is 0 Å². The Labute approximate surface area is 171 Å². The number of esters is 1. The van der Waals surface area contributed by atoms with Crippen LogP contribution >= 0.6 is 0 Å². The predicted molar refractivity (Wildman–Crippen MR) is 107 cm³/mol. The highest BCUT2D eigenvalue weighted by atomic mass is 16.5. The largest absolute Gasteiger partial charge is 0.463 e.